The summed E-state index contributed by atoms with van der Waals surface area (Å²) in [6.45, 7) is 7.50. The number of hydrogen-bond acceptors (Lipinski definition) is 5. The Kier molecular flexibility index (Phi) is 7.08. The van der Waals surface area contributed by atoms with Crippen LogP contribution >= 0.6 is 0 Å². The minimum atomic E-state index is -0.539. The maximum atomic E-state index is 12.5. The van der Waals surface area contributed by atoms with Crippen LogP contribution in [0.5, 0.6) is 5.75 Å². The van der Waals surface area contributed by atoms with Crippen molar-refractivity contribution in [1.82, 2.24) is 5.32 Å². The first-order chi connectivity index (χ1) is 11.9. The SMILES string of the molecule is COc1cc([N+](=O)[O-])ccc1NC(=O)[C@H](C)[NH+](C)CC(=O)NC(C)(C)C. The summed E-state index contributed by atoms with van der Waals surface area (Å²) in [6, 6.07) is 3.44. The number of carbonyl (C=O) groups excluding carboxylic acids is 2. The second-order valence-electron chi connectivity index (χ2n) is 7.17. The Morgan fingerprint density at radius 2 is 1.96 bits per heavy atom. The Morgan fingerprint density at radius 1 is 1.35 bits per heavy atom. The van der Waals surface area contributed by atoms with Gasteiger partial charge in [0.15, 0.2) is 12.6 Å². The molecule has 0 bridgehead atoms. The number of methoxy groups -OCH3 is 1. The Balaban J connectivity index is 2.77. The van der Waals surface area contributed by atoms with E-state index >= 15 is 0 Å². The number of anilines is 1. The first-order valence-electron chi connectivity index (χ1n) is 8.21. The molecular formula is C17H27N4O5+. The summed E-state index contributed by atoms with van der Waals surface area (Å²) < 4.78 is 5.11. The number of carbonyl (C=O) groups is 2. The number of amides is 2. The number of nitro benzene ring substituents is 1. The Bertz CT molecular complexity index is 684. The van der Waals surface area contributed by atoms with E-state index < -0.39 is 11.0 Å². The third-order valence-electron chi connectivity index (χ3n) is 3.74. The van der Waals surface area contributed by atoms with Gasteiger partial charge in [0.05, 0.1) is 30.8 Å². The van der Waals surface area contributed by atoms with Gasteiger partial charge in [0.2, 0.25) is 0 Å². The van der Waals surface area contributed by atoms with E-state index in [2.05, 4.69) is 10.6 Å². The lowest BCUT2D eigenvalue weighted by Gasteiger charge is -2.24. The number of nitro groups is 1. The maximum Gasteiger partial charge on any atom is 0.282 e. The molecule has 3 N–H and O–H groups in total. The molecule has 1 rings (SSSR count). The first kappa shape index (κ1) is 21.4. The fourth-order valence-corrected chi connectivity index (χ4v) is 2.23. The highest BCUT2D eigenvalue weighted by Crippen LogP contribution is 2.28. The van der Waals surface area contributed by atoms with Crippen molar-refractivity contribution in [3.63, 3.8) is 0 Å². The van der Waals surface area contributed by atoms with Crippen LogP contribution in [0, 0.1) is 10.1 Å². The third kappa shape index (κ3) is 6.32. The summed E-state index contributed by atoms with van der Waals surface area (Å²) >= 11 is 0. The van der Waals surface area contributed by atoms with E-state index in [1.54, 1.807) is 14.0 Å². The van der Waals surface area contributed by atoms with Crippen LogP contribution < -0.4 is 20.3 Å². The Hall–Kier alpha value is -2.68. The molecule has 9 heteroatoms. The summed E-state index contributed by atoms with van der Waals surface area (Å²) in [6.07, 6.45) is 0. The molecule has 2 amide bonds. The number of non-ortho nitro benzene ring substituents is 1. The summed E-state index contributed by atoms with van der Waals surface area (Å²) in [5.41, 5.74) is -0.133. The van der Waals surface area contributed by atoms with Gasteiger partial charge in [-0.2, -0.15) is 0 Å². The summed E-state index contributed by atoms with van der Waals surface area (Å²) in [5, 5.41) is 16.4. The van der Waals surface area contributed by atoms with Crippen molar-refractivity contribution in [3.8, 4) is 5.75 Å². The highest BCUT2D eigenvalue weighted by atomic mass is 16.6. The molecule has 2 atom stereocenters. The van der Waals surface area contributed by atoms with Crippen LogP contribution in [-0.4, -0.2) is 49.0 Å². The molecule has 1 aromatic rings. The first-order valence-corrected chi connectivity index (χ1v) is 8.21. The van der Waals surface area contributed by atoms with E-state index in [0.29, 0.717) is 10.6 Å². The third-order valence-corrected chi connectivity index (χ3v) is 3.74. The molecule has 0 radical (unpaired) electrons. The largest absolute Gasteiger partial charge is 0.494 e. The molecule has 1 unspecified atom stereocenters. The number of ether oxygens (including phenoxy) is 1. The minimum Gasteiger partial charge on any atom is -0.494 e. The zero-order valence-electron chi connectivity index (χ0n) is 16.0. The molecular weight excluding hydrogens is 340 g/mol. The molecule has 0 aliphatic heterocycles. The second kappa shape index (κ2) is 8.61. The van der Waals surface area contributed by atoms with Crippen LogP contribution in [0.3, 0.4) is 0 Å². The molecule has 1 aromatic carbocycles. The van der Waals surface area contributed by atoms with Gasteiger partial charge < -0.3 is 20.3 Å². The summed E-state index contributed by atoms with van der Waals surface area (Å²) in [5.74, 6) is -0.274. The maximum absolute atomic E-state index is 12.5. The molecule has 26 heavy (non-hydrogen) atoms. The van der Waals surface area contributed by atoms with Gasteiger partial charge in [0, 0.05) is 11.6 Å². The number of hydrogen-bond donors (Lipinski definition) is 3. The van der Waals surface area contributed by atoms with Gasteiger partial charge in [0.1, 0.15) is 5.75 Å². The average molecular weight is 367 g/mol. The van der Waals surface area contributed by atoms with E-state index in [4.69, 9.17) is 4.74 Å². The average Bonchev–Trinajstić information content (AvgIpc) is 2.52. The van der Waals surface area contributed by atoms with Crippen molar-refractivity contribution in [1.29, 1.82) is 0 Å². The fourth-order valence-electron chi connectivity index (χ4n) is 2.23. The van der Waals surface area contributed by atoms with Gasteiger partial charge in [-0.15, -0.1) is 0 Å². The van der Waals surface area contributed by atoms with Gasteiger partial charge in [-0.1, -0.05) is 0 Å². The van der Waals surface area contributed by atoms with Crippen LogP contribution in [0.15, 0.2) is 18.2 Å². The zero-order chi connectivity index (χ0) is 20.1. The van der Waals surface area contributed by atoms with Crippen molar-refractivity contribution in [2.45, 2.75) is 39.3 Å². The number of nitrogens with one attached hydrogen (secondary N) is 3. The molecule has 0 aliphatic rings. The molecule has 144 valence electrons. The quantitative estimate of drug-likeness (QED) is 0.475. The lowest BCUT2D eigenvalue weighted by atomic mass is 10.1. The molecule has 0 fully saturated rings. The number of quaternary nitrogens is 1. The number of nitrogens with zero attached hydrogens (tertiary/aromatic N) is 1. The van der Waals surface area contributed by atoms with Crippen molar-refractivity contribution < 1.29 is 24.1 Å². The fraction of sp³-hybridized carbons (Fsp3) is 0.529. The van der Waals surface area contributed by atoms with E-state index in [1.165, 1.54) is 25.3 Å². The predicted octanol–water partition coefficient (Wildman–Crippen LogP) is 0.360. The molecule has 9 nitrogen and oxygen atoms in total. The van der Waals surface area contributed by atoms with Gasteiger partial charge >= 0.3 is 0 Å². The molecule has 0 heterocycles. The van der Waals surface area contributed by atoms with Gasteiger partial charge in [-0.3, -0.25) is 19.7 Å². The van der Waals surface area contributed by atoms with Crippen molar-refractivity contribution in [2.24, 2.45) is 0 Å². The number of rotatable bonds is 7. The molecule has 0 spiro atoms. The normalized spacial score (nSPS) is 13.5. The number of benzene rings is 1. The minimum absolute atomic E-state index is 0.130. The second-order valence-corrected chi connectivity index (χ2v) is 7.17. The van der Waals surface area contributed by atoms with Crippen LogP contribution in [-0.2, 0) is 9.59 Å². The monoisotopic (exact) mass is 367 g/mol. The van der Waals surface area contributed by atoms with E-state index in [9.17, 15) is 19.7 Å². The van der Waals surface area contributed by atoms with Gasteiger partial charge in [0.25, 0.3) is 17.5 Å². The van der Waals surface area contributed by atoms with Crippen LogP contribution in [0.25, 0.3) is 0 Å². The van der Waals surface area contributed by atoms with E-state index in [1.807, 2.05) is 20.8 Å². The summed E-state index contributed by atoms with van der Waals surface area (Å²) in [4.78, 5) is 35.5. The molecule has 0 saturated carbocycles. The Morgan fingerprint density at radius 3 is 2.46 bits per heavy atom. The lowest BCUT2D eigenvalue weighted by Crippen LogP contribution is -3.15. The van der Waals surface area contributed by atoms with E-state index in [0.717, 1.165) is 0 Å². The molecule has 0 saturated heterocycles. The van der Waals surface area contributed by atoms with Crippen LogP contribution in [0.2, 0.25) is 0 Å². The number of likely N-dealkylation sites (N-methyl/N-ethyl adjacent to an activating group) is 1. The molecule has 0 aromatic heterocycles. The van der Waals surface area contributed by atoms with Crippen LogP contribution in [0.1, 0.15) is 27.7 Å². The highest BCUT2D eigenvalue weighted by molar-refractivity contribution is 5.95. The summed E-state index contributed by atoms with van der Waals surface area (Å²) in [7, 11) is 3.12. The van der Waals surface area contributed by atoms with Crippen LogP contribution in [0.4, 0.5) is 11.4 Å². The van der Waals surface area contributed by atoms with Gasteiger partial charge in [-0.25, -0.2) is 0 Å². The highest BCUT2D eigenvalue weighted by Gasteiger charge is 2.26. The topological polar surface area (TPSA) is 115 Å². The standard InChI is InChI=1S/C17H26N4O5/c1-11(20(5)10-15(22)19-17(2,3)4)16(23)18-13-8-7-12(21(24)25)9-14(13)26-6/h7-9,11H,10H2,1-6H3,(H,18,23)(H,19,22)/p+1/t11-/m0/s1. The Labute approximate surface area is 152 Å². The molecule has 0 aliphatic carbocycles. The van der Waals surface area contributed by atoms with Gasteiger partial charge in [-0.05, 0) is 33.8 Å². The van der Waals surface area contributed by atoms with Crippen molar-refractivity contribution in [2.75, 3.05) is 26.0 Å². The van der Waals surface area contributed by atoms with E-state index in [-0.39, 0.29) is 35.3 Å². The lowest BCUT2D eigenvalue weighted by molar-refractivity contribution is -0.885. The van der Waals surface area contributed by atoms with Crippen molar-refractivity contribution in [3.05, 3.63) is 28.3 Å². The van der Waals surface area contributed by atoms with Crippen molar-refractivity contribution >= 4 is 23.2 Å². The zero-order valence-corrected chi connectivity index (χ0v) is 16.0. The predicted molar refractivity (Wildman–Crippen MR) is 97.4 cm³/mol. The smallest absolute Gasteiger partial charge is 0.282 e.